The Morgan fingerprint density at radius 1 is 1.33 bits per heavy atom. The summed E-state index contributed by atoms with van der Waals surface area (Å²) in [6.07, 6.45) is 3.48. The van der Waals surface area contributed by atoms with Crippen LogP contribution in [0.3, 0.4) is 0 Å². The summed E-state index contributed by atoms with van der Waals surface area (Å²) in [5.74, 6) is 0.534. The maximum atomic E-state index is 5.92. The molecule has 3 nitrogen and oxygen atoms in total. The van der Waals surface area contributed by atoms with Gasteiger partial charge in [-0.05, 0) is 62.3 Å². The first-order valence-corrected chi connectivity index (χ1v) is 8.03. The zero-order valence-electron chi connectivity index (χ0n) is 13.3. The van der Waals surface area contributed by atoms with Gasteiger partial charge in [-0.1, -0.05) is 25.1 Å². The van der Waals surface area contributed by atoms with Crippen LogP contribution < -0.4 is 5.73 Å². The van der Waals surface area contributed by atoms with E-state index in [1.807, 2.05) is 0 Å². The Kier molecular flexibility index (Phi) is 3.85. The number of fused-ring (bicyclic) bond motifs is 1. The molecule has 3 heteroatoms. The Morgan fingerprint density at radius 2 is 2.14 bits per heavy atom. The molecule has 1 atom stereocenters. The van der Waals surface area contributed by atoms with Gasteiger partial charge in [0, 0.05) is 17.8 Å². The number of nitrogens with zero attached hydrogens (tertiary/aromatic N) is 2. The van der Waals surface area contributed by atoms with E-state index in [-0.39, 0.29) is 0 Å². The molecule has 0 radical (unpaired) electrons. The monoisotopic (exact) mass is 283 g/mol. The molecule has 1 aliphatic rings. The molecule has 3 rings (SSSR count). The molecule has 0 spiro atoms. The van der Waals surface area contributed by atoms with Crippen molar-refractivity contribution in [1.82, 2.24) is 9.78 Å². The highest BCUT2D eigenvalue weighted by Gasteiger charge is 2.22. The normalized spacial score (nSPS) is 17.2. The highest BCUT2D eigenvalue weighted by Crippen LogP contribution is 2.36. The van der Waals surface area contributed by atoms with Crippen molar-refractivity contribution in [3.8, 4) is 11.1 Å². The lowest BCUT2D eigenvalue weighted by Gasteiger charge is -2.11. The number of rotatable bonds is 4. The topological polar surface area (TPSA) is 43.8 Å². The summed E-state index contributed by atoms with van der Waals surface area (Å²) in [7, 11) is 0. The van der Waals surface area contributed by atoms with E-state index in [9.17, 15) is 0 Å². The Morgan fingerprint density at radius 3 is 2.86 bits per heavy atom. The van der Waals surface area contributed by atoms with Gasteiger partial charge in [0.05, 0.1) is 5.69 Å². The SMILES string of the molecule is CCCn1nc(C)c(-c2ccc3c(c2)C(CN)CC3)c1C. The minimum absolute atomic E-state index is 0.534. The molecule has 1 heterocycles. The van der Waals surface area contributed by atoms with E-state index in [2.05, 4.69) is 43.7 Å². The molecule has 2 N–H and O–H groups in total. The standard InChI is InChI=1S/C18H25N3/c1-4-9-21-13(3)18(12(2)20-21)15-7-5-14-6-8-16(11-19)17(14)10-15/h5,7,10,16H,4,6,8-9,11,19H2,1-3H3. The summed E-state index contributed by atoms with van der Waals surface area (Å²) < 4.78 is 2.14. The lowest BCUT2D eigenvalue weighted by molar-refractivity contribution is 0.583. The fourth-order valence-electron chi connectivity index (χ4n) is 3.63. The van der Waals surface area contributed by atoms with Gasteiger partial charge < -0.3 is 5.73 Å². The molecule has 0 amide bonds. The van der Waals surface area contributed by atoms with Crippen molar-refractivity contribution in [3.05, 3.63) is 40.7 Å². The maximum absolute atomic E-state index is 5.92. The molecule has 0 saturated carbocycles. The van der Waals surface area contributed by atoms with Gasteiger partial charge in [-0.15, -0.1) is 0 Å². The molecule has 112 valence electrons. The van der Waals surface area contributed by atoms with E-state index in [1.54, 1.807) is 0 Å². The van der Waals surface area contributed by atoms with Crippen LogP contribution in [0.4, 0.5) is 0 Å². The van der Waals surface area contributed by atoms with Crippen LogP contribution in [-0.2, 0) is 13.0 Å². The van der Waals surface area contributed by atoms with Gasteiger partial charge in [-0.25, -0.2) is 0 Å². The molecule has 0 fully saturated rings. The number of benzene rings is 1. The smallest absolute Gasteiger partial charge is 0.0674 e. The van der Waals surface area contributed by atoms with Crippen molar-refractivity contribution in [2.75, 3.05) is 6.54 Å². The van der Waals surface area contributed by atoms with E-state index in [0.717, 1.165) is 25.2 Å². The van der Waals surface area contributed by atoms with Gasteiger partial charge in [0.25, 0.3) is 0 Å². The fourth-order valence-corrected chi connectivity index (χ4v) is 3.63. The number of hydrogen-bond acceptors (Lipinski definition) is 2. The summed E-state index contributed by atoms with van der Waals surface area (Å²) >= 11 is 0. The average molecular weight is 283 g/mol. The zero-order valence-corrected chi connectivity index (χ0v) is 13.3. The van der Waals surface area contributed by atoms with Gasteiger partial charge in [-0.2, -0.15) is 5.10 Å². The Bertz CT molecular complexity index is 655. The maximum Gasteiger partial charge on any atom is 0.0674 e. The Labute approximate surface area is 127 Å². The number of nitrogens with two attached hydrogens (primary N) is 1. The Hall–Kier alpha value is -1.61. The average Bonchev–Trinajstić information content (AvgIpc) is 3.00. The van der Waals surface area contributed by atoms with Gasteiger partial charge in [0.1, 0.15) is 0 Å². The minimum Gasteiger partial charge on any atom is -0.330 e. The predicted octanol–water partition coefficient (Wildman–Crippen LogP) is 3.57. The van der Waals surface area contributed by atoms with Crippen molar-refractivity contribution in [1.29, 1.82) is 0 Å². The second-order valence-electron chi connectivity index (χ2n) is 6.15. The number of hydrogen-bond donors (Lipinski definition) is 1. The molecular weight excluding hydrogens is 258 g/mol. The molecule has 2 aromatic rings. The number of aromatic nitrogens is 2. The van der Waals surface area contributed by atoms with Crippen LogP contribution in [0.2, 0.25) is 0 Å². The summed E-state index contributed by atoms with van der Waals surface area (Å²) in [4.78, 5) is 0. The van der Waals surface area contributed by atoms with Crippen molar-refractivity contribution >= 4 is 0 Å². The quantitative estimate of drug-likeness (QED) is 0.932. The summed E-state index contributed by atoms with van der Waals surface area (Å²) in [6, 6.07) is 6.90. The first kappa shape index (κ1) is 14.3. The van der Waals surface area contributed by atoms with Crippen LogP contribution in [-0.4, -0.2) is 16.3 Å². The minimum atomic E-state index is 0.534. The van der Waals surface area contributed by atoms with Crippen LogP contribution in [0, 0.1) is 13.8 Å². The predicted molar refractivity (Wildman–Crippen MR) is 87.5 cm³/mol. The third-order valence-corrected chi connectivity index (χ3v) is 4.74. The van der Waals surface area contributed by atoms with E-state index in [1.165, 1.54) is 40.8 Å². The lowest BCUT2D eigenvalue weighted by atomic mass is 9.95. The van der Waals surface area contributed by atoms with Crippen molar-refractivity contribution in [3.63, 3.8) is 0 Å². The van der Waals surface area contributed by atoms with E-state index in [0.29, 0.717) is 5.92 Å². The van der Waals surface area contributed by atoms with Gasteiger partial charge in [0.15, 0.2) is 0 Å². The van der Waals surface area contributed by atoms with Gasteiger partial charge in [-0.3, -0.25) is 4.68 Å². The summed E-state index contributed by atoms with van der Waals surface area (Å²) in [5, 5.41) is 4.70. The van der Waals surface area contributed by atoms with Crippen LogP contribution in [0.1, 0.15) is 48.2 Å². The van der Waals surface area contributed by atoms with Gasteiger partial charge >= 0.3 is 0 Å². The lowest BCUT2D eigenvalue weighted by Crippen LogP contribution is -2.09. The molecule has 1 unspecified atom stereocenters. The second kappa shape index (κ2) is 5.64. The Balaban J connectivity index is 2.06. The molecular formula is C18H25N3. The molecule has 0 aliphatic heterocycles. The summed E-state index contributed by atoms with van der Waals surface area (Å²) in [5.41, 5.74) is 13.9. The molecule has 0 bridgehead atoms. The van der Waals surface area contributed by atoms with Crippen molar-refractivity contribution in [2.45, 2.75) is 52.5 Å². The van der Waals surface area contributed by atoms with Crippen LogP contribution in [0.25, 0.3) is 11.1 Å². The third kappa shape index (κ3) is 2.40. The highest BCUT2D eigenvalue weighted by atomic mass is 15.3. The molecule has 1 aliphatic carbocycles. The zero-order chi connectivity index (χ0) is 15.0. The highest BCUT2D eigenvalue weighted by molar-refractivity contribution is 5.70. The van der Waals surface area contributed by atoms with E-state index >= 15 is 0 Å². The largest absolute Gasteiger partial charge is 0.330 e. The molecule has 1 aromatic heterocycles. The van der Waals surface area contributed by atoms with Crippen molar-refractivity contribution in [2.24, 2.45) is 5.73 Å². The van der Waals surface area contributed by atoms with Gasteiger partial charge in [0.2, 0.25) is 0 Å². The molecule has 0 saturated heterocycles. The first-order chi connectivity index (χ1) is 10.2. The first-order valence-electron chi connectivity index (χ1n) is 8.03. The van der Waals surface area contributed by atoms with Crippen LogP contribution >= 0.6 is 0 Å². The number of aryl methyl sites for hydroxylation is 3. The molecule has 1 aromatic carbocycles. The molecule has 21 heavy (non-hydrogen) atoms. The second-order valence-corrected chi connectivity index (χ2v) is 6.15. The third-order valence-electron chi connectivity index (χ3n) is 4.74. The van der Waals surface area contributed by atoms with Crippen molar-refractivity contribution < 1.29 is 0 Å². The van der Waals surface area contributed by atoms with E-state index < -0.39 is 0 Å². The summed E-state index contributed by atoms with van der Waals surface area (Å²) in [6.45, 7) is 8.23. The van der Waals surface area contributed by atoms with E-state index in [4.69, 9.17) is 10.8 Å². The van der Waals surface area contributed by atoms with Crippen LogP contribution in [0.5, 0.6) is 0 Å². The van der Waals surface area contributed by atoms with Crippen LogP contribution in [0.15, 0.2) is 18.2 Å². The fraction of sp³-hybridized carbons (Fsp3) is 0.500.